The normalized spacial score (nSPS) is 15.5. The average Bonchev–Trinajstić information content (AvgIpc) is 2.96. The van der Waals surface area contributed by atoms with Gasteiger partial charge in [-0.15, -0.1) is 0 Å². The van der Waals surface area contributed by atoms with Gasteiger partial charge in [0.1, 0.15) is 0 Å². The number of aliphatic carboxylic acids is 1. The van der Waals surface area contributed by atoms with Gasteiger partial charge in [-0.05, 0) is 37.8 Å². The SMILES string of the molecule is Cc1ccc(N2CCCC2=O)c(C(=O)NCC(CC(C)C)C(=O)O)c1. The highest BCUT2D eigenvalue weighted by molar-refractivity contribution is 6.05. The zero-order chi connectivity index (χ0) is 18.6. The monoisotopic (exact) mass is 346 g/mol. The second kappa shape index (κ2) is 8.14. The van der Waals surface area contributed by atoms with Crippen molar-refractivity contribution in [2.45, 2.75) is 40.0 Å². The molecule has 0 aliphatic carbocycles. The Balaban J connectivity index is 2.16. The number of nitrogens with one attached hydrogen (secondary N) is 1. The van der Waals surface area contributed by atoms with E-state index in [-0.39, 0.29) is 24.3 Å². The van der Waals surface area contributed by atoms with Crippen LogP contribution in [0.15, 0.2) is 18.2 Å². The molecule has 6 heteroatoms. The molecule has 1 aromatic rings. The average molecular weight is 346 g/mol. The van der Waals surface area contributed by atoms with Crippen molar-refractivity contribution in [3.8, 4) is 0 Å². The Morgan fingerprint density at radius 2 is 2.04 bits per heavy atom. The third-order valence-electron chi connectivity index (χ3n) is 4.38. The van der Waals surface area contributed by atoms with Crippen LogP contribution in [-0.4, -0.2) is 36.0 Å². The van der Waals surface area contributed by atoms with Crippen LogP contribution < -0.4 is 10.2 Å². The maximum absolute atomic E-state index is 12.7. The molecule has 0 saturated carbocycles. The molecule has 2 rings (SSSR count). The van der Waals surface area contributed by atoms with Crippen molar-refractivity contribution in [1.82, 2.24) is 5.32 Å². The molecule has 0 aromatic heterocycles. The highest BCUT2D eigenvalue weighted by Crippen LogP contribution is 2.26. The van der Waals surface area contributed by atoms with Crippen molar-refractivity contribution in [3.63, 3.8) is 0 Å². The Kier molecular flexibility index (Phi) is 6.17. The molecule has 0 radical (unpaired) electrons. The molecule has 1 fully saturated rings. The number of hydrogen-bond acceptors (Lipinski definition) is 3. The van der Waals surface area contributed by atoms with Crippen molar-refractivity contribution in [1.29, 1.82) is 0 Å². The summed E-state index contributed by atoms with van der Waals surface area (Å²) in [6.07, 6.45) is 1.77. The summed E-state index contributed by atoms with van der Waals surface area (Å²) < 4.78 is 0. The van der Waals surface area contributed by atoms with Gasteiger partial charge >= 0.3 is 5.97 Å². The van der Waals surface area contributed by atoms with Crippen LogP contribution in [0.4, 0.5) is 5.69 Å². The lowest BCUT2D eigenvalue weighted by atomic mass is 9.97. The first kappa shape index (κ1) is 19.0. The zero-order valence-electron chi connectivity index (χ0n) is 15.0. The predicted molar refractivity (Wildman–Crippen MR) is 95.7 cm³/mol. The first-order chi connectivity index (χ1) is 11.8. The Hall–Kier alpha value is -2.37. The van der Waals surface area contributed by atoms with Crippen LogP contribution in [0.1, 0.15) is 49.0 Å². The maximum atomic E-state index is 12.7. The Morgan fingerprint density at radius 1 is 1.32 bits per heavy atom. The lowest BCUT2D eigenvalue weighted by Gasteiger charge is -2.21. The number of carbonyl (C=O) groups is 3. The van der Waals surface area contributed by atoms with Gasteiger partial charge in [-0.3, -0.25) is 14.4 Å². The molecule has 1 atom stereocenters. The molecule has 0 spiro atoms. The van der Waals surface area contributed by atoms with Crippen LogP contribution in [0.3, 0.4) is 0 Å². The highest BCUT2D eigenvalue weighted by atomic mass is 16.4. The van der Waals surface area contributed by atoms with Crippen LogP contribution in [0, 0.1) is 18.8 Å². The number of nitrogens with zero attached hydrogens (tertiary/aromatic N) is 1. The van der Waals surface area contributed by atoms with Crippen LogP contribution in [0.2, 0.25) is 0 Å². The molecular weight excluding hydrogens is 320 g/mol. The third-order valence-corrected chi connectivity index (χ3v) is 4.38. The topological polar surface area (TPSA) is 86.7 Å². The summed E-state index contributed by atoms with van der Waals surface area (Å²) in [6.45, 7) is 6.47. The molecule has 0 bridgehead atoms. The molecule has 25 heavy (non-hydrogen) atoms. The number of benzene rings is 1. The van der Waals surface area contributed by atoms with Gasteiger partial charge in [-0.1, -0.05) is 25.5 Å². The number of rotatable bonds is 7. The van der Waals surface area contributed by atoms with Gasteiger partial charge in [-0.25, -0.2) is 0 Å². The van der Waals surface area contributed by atoms with E-state index in [1.807, 2.05) is 26.8 Å². The van der Waals surface area contributed by atoms with Gasteiger partial charge in [0.15, 0.2) is 0 Å². The second-order valence-electron chi connectivity index (χ2n) is 7.04. The summed E-state index contributed by atoms with van der Waals surface area (Å²) in [4.78, 5) is 37.7. The lowest BCUT2D eigenvalue weighted by molar-refractivity contribution is -0.142. The third kappa shape index (κ3) is 4.81. The Morgan fingerprint density at radius 3 is 2.60 bits per heavy atom. The quantitative estimate of drug-likeness (QED) is 0.794. The number of carboxylic acids is 1. The van der Waals surface area contributed by atoms with Crippen LogP contribution in [0.25, 0.3) is 0 Å². The van der Waals surface area contributed by atoms with Gasteiger partial charge in [-0.2, -0.15) is 0 Å². The minimum absolute atomic E-state index is 0.0149. The molecule has 1 saturated heterocycles. The molecule has 1 aliphatic heterocycles. The van der Waals surface area contributed by atoms with E-state index in [4.69, 9.17) is 0 Å². The van der Waals surface area contributed by atoms with Crippen molar-refractivity contribution in [2.75, 3.05) is 18.0 Å². The first-order valence-corrected chi connectivity index (χ1v) is 8.71. The van der Waals surface area contributed by atoms with Crippen LogP contribution in [-0.2, 0) is 9.59 Å². The Bertz CT molecular complexity index is 669. The molecule has 1 heterocycles. The molecule has 6 nitrogen and oxygen atoms in total. The number of carbonyl (C=O) groups excluding carboxylic acids is 2. The lowest BCUT2D eigenvalue weighted by Crippen LogP contribution is -2.35. The van der Waals surface area contributed by atoms with Crippen LogP contribution >= 0.6 is 0 Å². The molecule has 2 amide bonds. The van der Waals surface area contributed by atoms with Gasteiger partial charge in [0, 0.05) is 19.5 Å². The fourth-order valence-corrected chi connectivity index (χ4v) is 3.12. The second-order valence-corrected chi connectivity index (χ2v) is 7.04. The molecule has 1 aromatic carbocycles. The van der Waals surface area contributed by atoms with E-state index in [1.165, 1.54) is 0 Å². The number of carboxylic acid groups (broad SMARTS) is 1. The van der Waals surface area contributed by atoms with E-state index in [0.29, 0.717) is 30.6 Å². The number of hydrogen-bond donors (Lipinski definition) is 2. The minimum atomic E-state index is -0.909. The van der Waals surface area contributed by atoms with Crippen molar-refractivity contribution < 1.29 is 19.5 Å². The van der Waals surface area contributed by atoms with Crippen LogP contribution in [0.5, 0.6) is 0 Å². The standard InChI is InChI=1S/C19H26N2O4/c1-12(2)9-14(19(24)25)11-20-18(23)15-10-13(3)6-7-16(15)21-8-4-5-17(21)22/h6-7,10,12,14H,4-5,8-9,11H2,1-3H3,(H,20,23)(H,24,25). The fraction of sp³-hybridized carbons (Fsp3) is 0.526. The van der Waals surface area contributed by atoms with Crippen molar-refractivity contribution >= 4 is 23.5 Å². The van der Waals surface area contributed by atoms with E-state index in [9.17, 15) is 19.5 Å². The maximum Gasteiger partial charge on any atom is 0.308 e. The van der Waals surface area contributed by atoms with E-state index < -0.39 is 11.9 Å². The molecule has 1 aliphatic rings. The molecule has 1 unspecified atom stereocenters. The fourth-order valence-electron chi connectivity index (χ4n) is 3.12. The highest BCUT2D eigenvalue weighted by Gasteiger charge is 2.26. The number of amides is 2. The summed E-state index contributed by atoms with van der Waals surface area (Å²) in [5, 5.41) is 12.0. The number of anilines is 1. The molecule has 2 N–H and O–H groups in total. The summed E-state index contributed by atoms with van der Waals surface area (Å²) >= 11 is 0. The van der Waals surface area contributed by atoms with E-state index in [1.54, 1.807) is 17.0 Å². The summed E-state index contributed by atoms with van der Waals surface area (Å²) in [5.41, 5.74) is 1.93. The van der Waals surface area contributed by atoms with Gasteiger partial charge in [0.2, 0.25) is 5.91 Å². The molecule has 136 valence electrons. The van der Waals surface area contributed by atoms with E-state index in [0.717, 1.165) is 12.0 Å². The van der Waals surface area contributed by atoms with Crippen molar-refractivity contribution in [2.24, 2.45) is 11.8 Å². The summed E-state index contributed by atoms with van der Waals surface area (Å²) in [5.74, 6) is -1.62. The summed E-state index contributed by atoms with van der Waals surface area (Å²) in [6, 6.07) is 5.40. The van der Waals surface area contributed by atoms with Gasteiger partial charge in [0.05, 0.1) is 17.2 Å². The largest absolute Gasteiger partial charge is 0.481 e. The Labute approximate surface area is 148 Å². The number of aryl methyl sites for hydroxylation is 1. The van der Waals surface area contributed by atoms with Gasteiger partial charge < -0.3 is 15.3 Å². The predicted octanol–water partition coefficient (Wildman–Crippen LogP) is 2.60. The zero-order valence-corrected chi connectivity index (χ0v) is 15.0. The first-order valence-electron chi connectivity index (χ1n) is 8.71. The molecular formula is C19H26N2O4. The smallest absolute Gasteiger partial charge is 0.308 e. The van der Waals surface area contributed by atoms with E-state index in [2.05, 4.69) is 5.32 Å². The van der Waals surface area contributed by atoms with E-state index >= 15 is 0 Å². The minimum Gasteiger partial charge on any atom is -0.481 e. The van der Waals surface area contributed by atoms with Crippen molar-refractivity contribution in [3.05, 3.63) is 29.3 Å². The summed E-state index contributed by atoms with van der Waals surface area (Å²) in [7, 11) is 0. The van der Waals surface area contributed by atoms with Gasteiger partial charge in [0.25, 0.3) is 5.91 Å².